The van der Waals surface area contributed by atoms with Gasteiger partial charge >= 0.3 is 5.97 Å². The molecule has 2 aromatic rings. The number of carboxylic acids is 1. The van der Waals surface area contributed by atoms with E-state index in [4.69, 9.17) is 16.7 Å². The van der Waals surface area contributed by atoms with Crippen LogP contribution in [0.25, 0.3) is 0 Å². The predicted octanol–water partition coefficient (Wildman–Crippen LogP) is 4.31. The van der Waals surface area contributed by atoms with Crippen LogP contribution in [0.3, 0.4) is 0 Å². The largest absolute Gasteiger partial charge is 0.477 e. The van der Waals surface area contributed by atoms with E-state index >= 15 is 0 Å². The van der Waals surface area contributed by atoms with E-state index < -0.39 is 5.97 Å². The molecule has 1 aromatic carbocycles. The van der Waals surface area contributed by atoms with E-state index in [1.807, 2.05) is 6.07 Å². The van der Waals surface area contributed by atoms with E-state index in [1.54, 1.807) is 19.1 Å². The molecular formula is C11H8BrClN2O2S. The van der Waals surface area contributed by atoms with Gasteiger partial charge in [0.1, 0.15) is 4.88 Å². The van der Waals surface area contributed by atoms with Crippen molar-refractivity contribution in [1.29, 1.82) is 0 Å². The highest BCUT2D eigenvalue weighted by atomic mass is 79.9. The van der Waals surface area contributed by atoms with Crippen molar-refractivity contribution < 1.29 is 9.90 Å². The number of aromatic nitrogens is 1. The Morgan fingerprint density at radius 3 is 2.83 bits per heavy atom. The Kier molecular flexibility index (Phi) is 3.89. The predicted molar refractivity (Wildman–Crippen MR) is 76.2 cm³/mol. The number of halogens is 2. The number of benzene rings is 1. The highest BCUT2D eigenvalue weighted by molar-refractivity contribution is 9.10. The zero-order chi connectivity index (χ0) is 13.3. The van der Waals surface area contributed by atoms with Gasteiger partial charge in [-0.15, -0.1) is 0 Å². The van der Waals surface area contributed by atoms with E-state index in [1.165, 1.54) is 0 Å². The molecule has 0 unspecified atom stereocenters. The minimum Gasteiger partial charge on any atom is -0.477 e. The van der Waals surface area contributed by atoms with Crippen LogP contribution in [-0.2, 0) is 0 Å². The molecule has 0 aliphatic rings. The third-order valence-corrected chi connectivity index (χ3v) is 4.03. The van der Waals surface area contributed by atoms with Gasteiger partial charge in [0.2, 0.25) is 0 Å². The second-order valence-corrected chi connectivity index (χ2v) is 5.81. The Morgan fingerprint density at radius 1 is 1.56 bits per heavy atom. The Hall–Kier alpha value is -1.11. The summed E-state index contributed by atoms with van der Waals surface area (Å²) in [6.45, 7) is 1.66. The maximum atomic E-state index is 10.9. The molecule has 0 aliphatic heterocycles. The molecule has 2 rings (SSSR count). The second kappa shape index (κ2) is 5.26. The molecule has 0 saturated carbocycles. The van der Waals surface area contributed by atoms with Gasteiger partial charge in [0, 0.05) is 4.47 Å². The molecule has 0 amide bonds. The van der Waals surface area contributed by atoms with Crippen molar-refractivity contribution in [3.8, 4) is 0 Å². The van der Waals surface area contributed by atoms with Crippen LogP contribution in [0.2, 0.25) is 5.02 Å². The van der Waals surface area contributed by atoms with Crippen molar-refractivity contribution in [3.63, 3.8) is 0 Å². The number of anilines is 2. The van der Waals surface area contributed by atoms with Crippen molar-refractivity contribution in [3.05, 3.63) is 38.3 Å². The molecule has 1 aromatic heterocycles. The van der Waals surface area contributed by atoms with Gasteiger partial charge in [0.05, 0.1) is 16.4 Å². The molecule has 0 atom stereocenters. The summed E-state index contributed by atoms with van der Waals surface area (Å²) < 4.78 is 0.875. The number of rotatable bonds is 3. The first-order valence-corrected chi connectivity index (χ1v) is 6.89. The standard InChI is InChI=1S/C11H8BrClN2O2S/c1-5-9(10(16)17)18-11(14-5)15-8-3-2-6(12)4-7(8)13/h2-4H,1H3,(H,14,15)(H,16,17). The average molecular weight is 348 g/mol. The SMILES string of the molecule is Cc1nc(Nc2ccc(Br)cc2Cl)sc1C(=O)O. The number of aromatic carboxylic acids is 1. The van der Waals surface area contributed by atoms with Gasteiger partial charge in [-0.25, -0.2) is 9.78 Å². The maximum absolute atomic E-state index is 10.9. The molecule has 0 radical (unpaired) electrons. The number of thiazole rings is 1. The third-order valence-electron chi connectivity index (χ3n) is 2.16. The van der Waals surface area contributed by atoms with E-state index in [2.05, 4.69) is 26.2 Å². The molecule has 0 bridgehead atoms. The summed E-state index contributed by atoms with van der Waals surface area (Å²) in [6, 6.07) is 5.39. The number of hydrogen-bond acceptors (Lipinski definition) is 4. The van der Waals surface area contributed by atoms with Gasteiger partial charge < -0.3 is 10.4 Å². The van der Waals surface area contributed by atoms with Crippen molar-refractivity contribution >= 4 is 55.7 Å². The van der Waals surface area contributed by atoms with Gasteiger partial charge in [-0.05, 0) is 25.1 Å². The normalized spacial score (nSPS) is 10.4. The van der Waals surface area contributed by atoms with Crippen molar-refractivity contribution in [1.82, 2.24) is 4.98 Å². The van der Waals surface area contributed by atoms with Crippen LogP contribution in [0.15, 0.2) is 22.7 Å². The average Bonchev–Trinajstić information content (AvgIpc) is 2.64. The Labute approximate surface area is 121 Å². The summed E-state index contributed by atoms with van der Waals surface area (Å²) in [5.74, 6) is -0.972. The van der Waals surface area contributed by atoms with Gasteiger partial charge in [-0.1, -0.05) is 38.9 Å². The maximum Gasteiger partial charge on any atom is 0.347 e. The molecule has 7 heteroatoms. The lowest BCUT2D eigenvalue weighted by Crippen LogP contribution is -1.94. The van der Waals surface area contributed by atoms with Gasteiger partial charge in [-0.3, -0.25) is 0 Å². The summed E-state index contributed by atoms with van der Waals surface area (Å²) in [4.78, 5) is 15.3. The smallest absolute Gasteiger partial charge is 0.347 e. The van der Waals surface area contributed by atoms with E-state index in [0.29, 0.717) is 21.5 Å². The quantitative estimate of drug-likeness (QED) is 0.868. The number of carboxylic acid groups (broad SMARTS) is 1. The molecule has 18 heavy (non-hydrogen) atoms. The van der Waals surface area contributed by atoms with Crippen LogP contribution < -0.4 is 5.32 Å². The van der Waals surface area contributed by atoms with E-state index in [-0.39, 0.29) is 4.88 Å². The Balaban J connectivity index is 2.29. The summed E-state index contributed by atoms with van der Waals surface area (Å²) in [5.41, 5.74) is 1.17. The van der Waals surface area contributed by atoms with Crippen LogP contribution in [0.5, 0.6) is 0 Å². The molecule has 0 saturated heterocycles. The molecule has 0 fully saturated rings. The fraction of sp³-hybridized carbons (Fsp3) is 0.0909. The zero-order valence-electron chi connectivity index (χ0n) is 9.20. The third kappa shape index (κ3) is 2.82. The number of hydrogen-bond donors (Lipinski definition) is 2. The number of nitrogens with one attached hydrogen (secondary N) is 1. The first-order valence-electron chi connectivity index (χ1n) is 4.90. The molecular weight excluding hydrogens is 340 g/mol. The Morgan fingerprint density at radius 2 is 2.28 bits per heavy atom. The van der Waals surface area contributed by atoms with E-state index in [9.17, 15) is 4.79 Å². The number of carbonyl (C=O) groups is 1. The molecule has 0 spiro atoms. The summed E-state index contributed by atoms with van der Waals surface area (Å²) >= 11 is 10.5. The summed E-state index contributed by atoms with van der Waals surface area (Å²) in [6.07, 6.45) is 0. The molecule has 94 valence electrons. The lowest BCUT2D eigenvalue weighted by atomic mass is 10.3. The minimum atomic E-state index is -0.972. The Bertz CT molecular complexity index is 615. The van der Waals surface area contributed by atoms with Gasteiger partial charge in [-0.2, -0.15) is 0 Å². The second-order valence-electron chi connectivity index (χ2n) is 3.49. The first-order chi connectivity index (χ1) is 8.47. The van der Waals surface area contributed by atoms with Crippen molar-refractivity contribution in [2.24, 2.45) is 0 Å². The van der Waals surface area contributed by atoms with Crippen LogP contribution >= 0.6 is 38.9 Å². The van der Waals surface area contributed by atoms with Crippen LogP contribution in [0, 0.1) is 6.92 Å². The first kappa shape index (κ1) is 13.3. The molecule has 0 aliphatic carbocycles. The topological polar surface area (TPSA) is 62.2 Å². The van der Waals surface area contributed by atoms with E-state index in [0.717, 1.165) is 15.8 Å². The van der Waals surface area contributed by atoms with Gasteiger partial charge in [0.25, 0.3) is 0 Å². The molecule has 4 nitrogen and oxygen atoms in total. The van der Waals surface area contributed by atoms with Crippen LogP contribution in [-0.4, -0.2) is 16.1 Å². The summed E-state index contributed by atoms with van der Waals surface area (Å²) in [7, 11) is 0. The van der Waals surface area contributed by atoms with Crippen LogP contribution in [0.1, 0.15) is 15.4 Å². The zero-order valence-corrected chi connectivity index (χ0v) is 12.4. The number of nitrogens with zero attached hydrogens (tertiary/aromatic N) is 1. The van der Waals surface area contributed by atoms with Crippen molar-refractivity contribution in [2.75, 3.05) is 5.32 Å². The molecule has 2 N–H and O–H groups in total. The highest BCUT2D eigenvalue weighted by Gasteiger charge is 2.14. The van der Waals surface area contributed by atoms with Crippen molar-refractivity contribution in [2.45, 2.75) is 6.92 Å². The minimum absolute atomic E-state index is 0.228. The fourth-order valence-electron chi connectivity index (χ4n) is 1.35. The lowest BCUT2D eigenvalue weighted by Gasteiger charge is -2.04. The lowest BCUT2D eigenvalue weighted by molar-refractivity contribution is 0.0701. The molecule has 1 heterocycles. The summed E-state index contributed by atoms with van der Waals surface area (Å²) in [5, 5.41) is 13.0. The fourth-order valence-corrected chi connectivity index (χ4v) is 2.89. The highest BCUT2D eigenvalue weighted by Crippen LogP contribution is 2.31. The van der Waals surface area contributed by atoms with Crippen LogP contribution in [0.4, 0.5) is 10.8 Å². The monoisotopic (exact) mass is 346 g/mol. The number of aryl methyl sites for hydroxylation is 1. The van der Waals surface area contributed by atoms with Gasteiger partial charge in [0.15, 0.2) is 5.13 Å².